The molecule has 0 rings (SSSR count). The summed E-state index contributed by atoms with van der Waals surface area (Å²) in [5.41, 5.74) is 0. The highest BCUT2D eigenvalue weighted by molar-refractivity contribution is 6.59. The van der Waals surface area contributed by atoms with Crippen molar-refractivity contribution in [3.8, 4) is 0 Å². The lowest BCUT2D eigenvalue weighted by Crippen LogP contribution is -2.43. The van der Waals surface area contributed by atoms with Crippen molar-refractivity contribution < 1.29 is 13.3 Å². The summed E-state index contributed by atoms with van der Waals surface area (Å²) in [5.74, 6) is 0. The lowest BCUT2D eigenvalue weighted by molar-refractivity contribution is 0.0671. The van der Waals surface area contributed by atoms with E-state index in [1.54, 1.807) is 0 Å². The third-order valence-electron chi connectivity index (χ3n) is 2.63. The molecule has 0 aliphatic heterocycles. The van der Waals surface area contributed by atoms with E-state index in [0.29, 0.717) is 6.61 Å². The van der Waals surface area contributed by atoms with E-state index in [1.807, 2.05) is 13.5 Å². The van der Waals surface area contributed by atoms with Crippen molar-refractivity contribution in [2.75, 3.05) is 19.8 Å². The van der Waals surface area contributed by atoms with Gasteiger partial charge in [-0.15, -0.1) is 0 Å². The first kappa shape index (κ1) is 17.1. The van der Waals surface area contributed by atoms with Crippen LogP contribution in [0.25, 0.3) is 0 Å². The van der Waals surface area contributed by atoms with Crippen molar-refractivity contribution in [2.24, 2.45) is 0 Å². The molecule has 4 heteroatoms. The van der Waals surface area contributed by atoms with Gasteiger partial charge < -0.3 is 13.3 Å². The van der Waals surface area contributed by atoms with E-state index in [4.69, 9.17) is 13.3 Å². The molecule has 0 aromatic heterocycles. The molecule has 0 spiro atoms. The molecule has 17 heavy (non-hydrogen) atoms. The van der Waals surface area contributed by atoms with Crippen molar-refractivity contribution >= 4 is 8.80 Å². The molecule has 0 bridgehead atoms. The molecule has 0 atom stereocenters. The van der Waals surface area contributed by atoms with E-state index in [2.05, 4.69) is 13.8 Å². The van der Waals surface area contributed by atoms with Gasteiger partial charge in [-0.2, -0.15) is 0 Å². The van der Waals surface area contributed by atoms with Crippen molar-refractivity contribution in [1.29, 1.82) is 0 Å². The van der Waals surface area contributed by atoms with E-state index in [1.165, 1.54) is 25.7 Å². The molecule has 0 aliphatic rings. The minimum absolute atomic E-state index is 0.671. The highest BCUT2D eigenvalue weighted by atomic mass is 28.4. The summed E-state index contributed by atoms with van der Waals surface area (Å²) < 4.78 is 17.4. The van der Waals surface area contributed by atoms with Crippen LogP contribution in [0.4, 0.5) is 0 Å². The molecule has 0 fully saturated rings. The Hall–Kier alpha value is 0.0969. The Labute approximate surface area is 108 Å². The Kier molecular flexibility index (Phi) is 11.3. The standard InChI is InChI=1S/C13H30O3Si/c1-5-8-10-12-15-17(4,14-7-3)16-13-11-9-6-2/h5-13H2,1-4H3. The molecular formula is C13H30O3Si. The largest absolute Gasteiger partial charge is 0.497 e. The smallest absolute Gasteiger partial charge is 0.374 e. The zero-order valence-electron chi connectivity index (χ0n) is 12.1. The second-order valence-electron chi connectivity index (χ2n) is 4.41. The monoisotopic (exact) mass is 262 g/mol. The maximum atomic E-state index is 5.85. The van der Waals surface area contributed by atoms with Crippen molar-refractivity contribution in [1.82, 2.24) is 0 Å². The first-order valence-corrected chi connectivity index (χ1v) is 9.32. The Morgan fingerprint density at radius 1 is 0.706 bits per heavy atom. The fourth-order valence-corrected chi connectivity index (χ4v) is 3.41. The van der Waals surface area contributed by atoms with E-state index in [9.17, 15) is 0 Å². The maximum Gasteiger partial charge on any atom is 0.497 e. The van der Waals surface area contributed by atoms with Gasteiger partial charge in [0.05, 0.1) is 0 Å². The summed E-state index contributed by atoms with van der Waals surface area (Å²) in [7, 11) is -2.35. The number of hydrogen-bond acceptors (Lipinski definition) is 3. The average molecular weight is 262 g/mol. The van der Waals surface area contributed by atoms with Crippen LogP contribution in [0.2, 0.25) is 6.55 Å². The molecule has 0 saturated carbocycles. The number of unbranched alkanes of at least 4 members (excludes halogenated alkanes) is 4. The topological polar surface area (TPSA) is 27.7 Å². The van der Waals surface area contributed by atoms with E-state index >= 15 is 0 Å². The van der Waals surface area contributed by atoms with Crippen LogP contribution in [0.5, 0.6) is 0 Å². The summed E-state index contributed by atoms with van der Waals surface area (Å²) in [6.45, 7) is 10.6. The predicted molar refractivity (Wildman–Crippen MR) is 74.2 cm³/mol. The SMILES string of the molecule is CCCCCO[Si](C)(OCC)OCCCCC. The van der Waals surface area contributed by atoms with Crippen molar-refractivity contribution in [2.45, 2.75) is 65.8 Å². The minimum Gasteiger partial charge on any atom is -0.374 e. The fraction of sp³-hybridized carbons (Fsp3) is 1.00. The molecule has 3 nitrogen and oxygen atoms in total. The van der Waals surface area contributed by atoms with Gasteiger partial charge in [-0.25, -0.2) is 0 Å². The van der Waals surface area contributed by atoms with Crippen LogP contribution in [0, 0.1) is 0 Å². The molecule has 0 aromatic rings. The van der Waals surface area contributed by atoms with Crippen LogP contribution in [-0.2, 0) is 13.3 Å². The van der Waals surface area contributed by atoms with Crippen LogP contribution in [0.3, 0.4) is 0 Å². The molecule has 0 radical (unpaired) electrons. The van der Waals surface area contributed by atoms with Gasteiger partial charge in [-0.1, -0.05) is 39.5 Å². The van der Waals surface area contributed by atoms with Crippen LogP contribution < -0.4 is 0 Å². The third kappa shape index (κ3) is 9.77. The Morgan fingerprint density at radius 2 is 1.18 bits per heavy atom. The summed E-state index contributed by atoms with van der Waals surface area (Å²) in [6.07, 6.45) is 7.06. The van der Waals surface area contributed by atoms with Gasteiger partial charge in [0.1, 0.15) is 0 Å². The quantitative estimate of drug-likeness (QED) is 0.393. The van der Waals surface area contributed by atoms with Gasteiger partial charge in [0.25, 0.3) is 0 Å². The Balaban J connectivity index is 3.80. The summed E-state index contributed by atoms with van der Waals surface area (Å²) in [6, 6.07) is 0. The summed E-state index contributed by atoms with van der Waals surface area (Å²) >= 11 is 0. The molecule has 0 saturated heterocycles. The van der Waals surface area contributed by atoms with Crippen LogP contribution in [-0.4, -0.2) is 28.6 Å². The first-order chi connectivity index (χ1) is 8.18. The lowest BCUT2D eigenvalue weighted by atomic mass is 10.3. The van der Waals surface area contributed by atoms with E-state index in [0.717, 1.165) is 26.1 Å². The molecule has 0 aliphatic carbocycles. The highest BCUT2D eigenvalue weighted by Crippen LogP contribution is 2.12. The van der Waals surface area contributed by atoms with Gasteiger partial charge in [0.15, 0.2) is 0 Å². The second-order valence-corrected chi connectivity index (χ2v) is 7.00. The highest BCUT2D eigenvalue weighted by Gasteiger charge is 2.33. The zero-order chi connectivity index (χ0) is 13.0. The Bertz CT molecular complexity index is 153. The molecule has 104 valence electrons. The van der Waals surface area contributed by atoms with E-state index in [-0.39, 0.29) is 0 Å². The molecule has 0 N–H and O–H groups in total. The van der Waals surface area contributed by atoms with Crippen molar-refractivity contribution in [3.63, 3.8) is 0 Å². The van der Waals surface area contributed by atoms with Crippen molar-refractivity contribution in [3.05, 3.63) is 0 Å². The lowest BCUT2D eigenvalue weighted by Gasteiger charge is -2.25. The maximum absolute atomic E-state index is 5.85. The third-order valence-corrected chi connectivity index (χ3v) is 4.90. The zero-order valence-corrected chi connectivity index (χ0v) is 13.1. The minimum atomic E-state index is -2.35. The average Bonchev–Trinajstić information content (AvgIpc) is 2.31. The predicted octanol–water partition coefficient (Wildman–Crippen LogP) is 4.01. The Morgan fingerprint density at radius 3 is 1.53 bits per heavy atom. The van der Waals surface area contributed by atoms with Crippen LogP contribution in [0.1, 0.15) is 59.3 Å². The van der Waals surface area contributed by atoms with Crippen LogP contribution in [0.15, 0.2) is 0 Å². The van der Waals surface area contributed by atoms with Gasteiger partial charge in [-0.3, -0.25) is 0 Å². The molecular weight excluding hydrogens is 232 g/mol. The molecule has 0 unspecified atom stereocenters. The second kappa shape index (κ2) is 11.2. The van der Waals surface area contributed by atoms with Gasteiger partial charge in [0.2, 0.25) is 0 Å². The fourth-order valence-electron chi connectivity index (χ4n) is 1.61. The molecule has 0 heterocycles. The number of rotatable bonds is 12. The van der Waals surface area contributed by atoms with E-state index < -0.39 is 8.80 Å². The van der Waals surface area contributed by atoms with Crippen LogP contribution >= 0.6 is 0 Å². The normalized spacial score (nSPS) is 12.0. The summed E-state index contributed by atoms with van der Waals surface area (Å²) in [4.78, 5) is 0. The molecule has 0 amide bonds. The van der Waals surface area contributed by atoms with Gasteiger partial charge in [-0.05, 0) is 19.8 Å². The van der Waals surface area contributed by atoms with Gasteiger partial charge >= 0.3 is 8.80 Å². The molecule has 0 aromatic carbocycles. The first-order valence-electron chi connectivity index (χ1n) is 7.10. The van der Waals surface area contributed by atoms with Gasteiger partial charge in [0, 0.05) is 26.4 Å². The summed E-state index contributed by atoms with van der Waals surface area (Å²) in [5, 5.41) is 0. The number of hydrogen-bond donors (Lipinski definition) is 0.